The van der Waals surface area contributed by atoms with Gasteiger partial charge >= 0.3 is 0 Å². The van der Waals surface area contributed by atoms with E-state index in [1.807, 2.05) is 61.5 Å². The van der Waals surface area contributed by atoms with Gasteiger partial charge in [-0.15, -0.1) is 0 Å². The third-order valence-corrected chi connectivity index (χ3v) is 7.60. The van der Waals surface area contributed by atoms with Crippen LogP contribution in [-0.2, 0) is 11.2 Å². The summed E-state index contributed by atoms with van der Waals surface area (Å²) in [5.74, 6) is -0.242. The molecule has 1 aliphatic rings. The number of likely N-dealkylation sites (tertiary alicyclic amines) is 1. The average molecular weight is 574 g/mol. The number of piperidine rings is 1. The molecule has 1 amide bonds. The van der Waals surface area contributed by atoms with Crippen LogP contribution in [0.2, 0.25) is 20.1 Å². The minimum absolute atomic E-state index is 0.000852. The molecule has 1 heterocycles. The molecule has 8 heteroatoms. The molecule has 1 aliphatic heterocycles. The highest BCUT2D eigenvalue weighted by Gasteiger charge is 2.30. The van der Waals surface area contributed by atoms with E-state index < -0.39 is 0 Å². The van der Waals surface area contributed by atoms with E-state index in [4.69, 9.17) is 46.4 Å². The molecular formula is C29H24Cl4N2O2. The zero-order valence-electron chi connectivity index (χ0n) is 20.0. The highest BCUT2D eigenvalue weighted by atomic mass is 35.5. The van der Waals surface area contributed by atoms with Crippen molar-refractivity contribution < 1.29 is 10.0 Å². The first-order valence-electron chi connectivity index (χ1n) is 11.6. The highest BCUT2D eigenvalue weighted by Crippen LogP contribution is 2.29. The third-order valence-electron chi connectivity index (χ3n) is 6.12. The van der Waals surface area contributed by atoms with Crippen molar-refractivity contribution in [1.82, 2.24) is 4.90 Å². The van der Waals surface area contributed by atoms with Gasteiger partial charge in [-0.2, -0.15) is 0 Å². The lowest BCUT2D eigenvalue weighted by Gasteiger charge is -2.33. The first-order valence-corrected chi connectivity index (χ1v) is 13.1. The summed E-state index contributed by atoms with van der Waals surface area (Å²) in [5, 5.41) is 15.3. The van der Waals surface area contributed by atoms with Gasteiger partial charge in [0, 0.05) is 30.2 Å². The fourth-order valence-electron chi connectivity index (χ4n) is 4.31. The molecule has 0 aromatic heterocycles. The fraction of sp³-hybridized carbons (Fsp3) is 0.172. The van der Waals surface area contributed by atoms with Crippen molar-refractivity contribution >= 4 is 70.2 Å². The molecule has 37 heavy (non-hydrogen) atoms. The Morgan fingerprint density at radius 1 is 0.865 bits per heavy atom. The molecule has 3 aromatic carbocycles. The summed E-state index contributed by atoms with van der Waals surface area (Å²) in [4.78, 5) is 15.4. The topological polar surface area (TPSA) is 52.9 Å². The molecule has 0 radical (unpaired) electrons. The van der Waals surface area contributed by atoms with Gasteiger partial charge in [0.1, 0.15) is 5.71 Å². The van der Waals surface area contributed by atoms with Crippen LogP contribution in [0.1, 0.15) is 23.6 Å². The molecule has 190 valence electrons. The Hall–Kier alpha value is -2.76. The van der Waals surface area contributed by atoms with E-state index in [2.05, 4.69) is 5.16 Å². The van der Waals surface area contributed by atoms with Crippen LogP contribution in [0.4, 0.5) is 0 Å². The maximum Gasteiger partial charge on any atom is 0.226 e. The van der Waals surface area contributed by atoms with E-state index in [0.29, 0.717) is 43.4 Å². The maximum absolute atomic E-state index is 13.6. The molecule has 0 spiro atoms. The summed E-state index contributed by atoms with van der Waals surface area (Å²) >= 11 is 24.6. The lowest BCUT2D eigenvalue weighted by Crippen LogP contribution is -2.44. The number of carbonyl (C=O) groups is 1. The zero-order chi connectivity index (χ0) is 26.5. The minimum atomic E-state index is -0.243. The summed E-state index contributed by atoms with van der Waals surface area (Å²) in [5.41, 5.74) is 4.35. The fourth-order valence-corrected chi connectivity index (χ4v) is 4.92. The first-order chi connectivity index (χ1) is 17.7. The van der Waals surface area contributed by atoms with Gasteiger partial charge < -0.3 is 10.1 Å². The number of halogens is 4. The highest BCUT2D eigenvalue weighted by molar-refractivity contribution is 6.42. The first kappa shape index (κ1) is 27.3. The monoisotopic (exact) mass is 572 g/mol. The standard InChI is InChI=1S/C29H24Cl4N2O2/c1-18(11-19-5-3-2-4-6-19)29(36)35-16-22(12-20-7-9-24(30)26(32)14-20)28(34-37)23(17-35)13-21-8-10-25(31)27(33)15-21/h2-10,12-15,18,37H,11,16-17H2,1H3/b22-12+,23-13+/t18-/m0/s1. The van der Waals surface area contributed by atoms with Crippen molar-refractivity contribution in [1.29, 1.82) is 0 Å². The predicted octanol–water partition coefficient (Wildman–Crippen LogP) is 8.32. The molecule has 4 rings (SSSR count). The van der Waals surface area contributed by atoms with Gasteiger partial charge in [0.25, 0.3) is 0 Å². The lowest BCUT2D eigenvalue weighted by atomic mass is 9.91. The normalized spacial score (nSPS) is 16.8. The molecule has 1 fully saturated rings. The molecule has 1 saturated heterocycles. The molecule has 0 bridgehead atoms. The van der Waals surface area contributed by atoms with Crippen molar-refractivity contribution in [3.8, 4) is 0 Å². The molecule has 0 unspecified atom stereocenters. The van der Waals surface area contributed by atoms with Crippen molar-refractivity contribution in [2.45, 2.75) is 13.3 Å². The van der Waals surface area contributed by atoms with Crippen molar-refractivity contribution in [3.63, 3.8) is 0 Å². The quantitative estimate of drug-likeness (QED) is 0.246. The summed E-state index contributed by atoms with van der Waals surface area (Å²) in [7, 11) is 0. The Kier molecular flexibility index (Phi) is 8.99. The van der Waals surface area contributed by atoms with Gasteiger partial charge in [-0.25, -0.2) is 0 Å². The van der Waals surface area contributed by atoms with E-state index in [0.717, 1.165) is 16.7 Å². The predicted molar refractivity (Wildman–Crippen MR) is 154 cm³/mol. The van der Waals surface area contributed by atoms with Crippen LogP contribution in [0.5, 0.6) is 0 Å². The van der Waals surface area contributed by atoms with Crippen LogP contribution in [0.25, 0.3) is 12.2 Å². The largest absolute Gasteiger partial charge is 0.410 e. The van der Waals surface area contributed by atoms with Crippen molar-refractivity contribution in [3.05, 3.63) is 115 Å². The summed E-state index contributed by atoms with van der Waals surface area (Å²) in [6.45, 7) is 2.47. The van der Waals surface area contributed by atoms with E-state index in [1.54, 1.807) is 29.2 Å². The Labute approximate surface area is 236 Å². The maximum atomic E-state index is 13.6. The Balaban J connectivity index is 1.72. The van der Waals surface area contributed by atoms with E-state index >= 15 is 0 Å². The Bertz CT molecular complexity index is 1330. The van der Waals surface area contributed by atoms with Gasteiger partial charge in [-0.05, 0) is 59.5 Å². The summed E-state index contributed by atoms with van der Waals surface area (Å²) in [6.07, 6.45) is 4.32. The number of benzene rings is 3. The van der Waals surface area contributed by atoms with E-state index in [1.165, 1.54) is 0 Å². The zero-order valence-corrected chi connectivity index (χ0v) is 23.0. The van der Waals surface area contributed by atoms with Gasteiger partial charge in [-0.3, -0.25) is 4.79 Å². The lowest BCUT2D eigenvalue weighted by molar-refractivity contribution is -0.134. The van der Waals surface area contributed by atoms with Crippen molar-refractivity contribution in [2.24, 2.45) is 11.1 Å². The molecular weight excluding hydrogens is 550 g/mol. The van der Waals surface area contributed by atoms with Crippen LogP contribution in [-0.4, -0.2) is 34.8 Å². The number of amides is 1. The summed E-state index contributed by atoms with van der Waals surface area (Å²) < 4.78 is 0. The number of nitrogens with zero attached hydrogens (tertiary/aromatic N) is 2. The van der Waals surface area contributed by atoms with Crippen LogP contribution < -0.4 is 0 Å². The van der Waals surface area contributed by atoms with Crippen LogP contribution in [0, 0.1) is 5.92 Å². The van der Waals surface area contributed by atoms with Gasteiger partial charge in [0.2, 0.25) is 5.91 Å². The van der Waals surface area contributed by atoms with Gasteiger partial charge in [0.15, 0.2) is 0 Å². The van der Waals surface area contributed by atoms with Crippen LogP contribution in [0.15, 0.2) is 83.0 Å². The number of hydrogen-bond acceptors (Lipinski definition) is 3. The number of carbonyl (C=O) groups excluding carboxylic acids is 1. The third kappa shape index (κ3) is 6.77. The van der Waals surface area contributed by atoms with E-state index in [-0.39, 0.29) is 24.9 Å². The Morgan fingerprint density at radius 2 is 1.38 bits per heavy atom. The van der Waals surface area contributed by atoms with Crippen LogP contribution in [0.3, 0.4) is 0 Å². The second-order valence-electron chi connectivity index (χ2n) is 8.92. The van der Waals surface area contributed by atoms with Crippen molar-refractivity contribution in [2.75, 3.05) is 13.1 Å². The summed E-state index contributed by atoms with van der Waals surface area (Å²) in [6, 6.07) is 20.4. The minimum Gasteiger partial charge on any atom is -0.410 e. The molecule has 0 saturated carbocycles. The molecule has 1 atom stereocenters. The molecule has 3 aromatic rings. The SMILES string of the molecule is C[C@@H](Cc1ccccc1)C(=O)N1C/C(=C\c2ccc(Cl)c(Cl)c2)C(=NO)/C(=C/c2ccc(Cl)c(Cl)c2)C1. The smallest absolute Gasteiger partial charge is 0.226 e. The average Bonchev–Trinajstić information content (AvgIpc) is 2.88. The second-order valence-corrected chi connectivity index (χ2v) is 10.5. The Morgan fingerprint density at radius 3 is 1.84 bits per heavy atom. The number of oxime groups is 1. The van der Waals surface area contributed by atoms with Gasteiger partial charge in [0.05, 0.1) is 20.1 Å². The molecule has 1 N–H and O–H groups in total. The molecule has 4 nitrogen and oxygen atoms in total. The number of hydrogen-bond donors (Lipinski definition) is 1. The van der Waals surface area contributed by atoms with E-state index in [9.17, 15) is 10.0 Å². The number of rotatable bonds is 5. The van der Waals surface area contributed by atoms with Gasteiger partial charge in [-0.1, -0.05) is 101 Å². The van der Waals surface area contributed by atoms with Crippen LogP contribution >= 0.6 is 46.4 Å². The molecule has 0 aliphatic carbocycles. The second kappa shape index (κ2) is 12.2.